The van der Waals surface area contributed by atoms with Crippen LogP contribution in [0.2, 0.25) is 5.02 Å². The average molecular weight is 324 g/mol. The molecule has 0 unspecified atom stereocenters. The summed E-state index contributed by atoms with van der Waals surface area (Å²) in [5.74, 6) is -0.315. The molecule has 3 rings (SSSR count). The van der Waals surface area contributed by atoms with Crippen LogP contribution < -0.4 is 0 Å². The summed E-state index contributed by atoms with van der Waals surface area (Å²) < 4.78 is 0. The first-order chi connectivity index (χ1) is 11.1. The van der Waals surface area contributed by atoms with Crippen molar-refractivity contribution in [1.29, 1.82) is 0 Å². The van der Waals surface area contributed by atoms with Gasteiger partial charge < -0.3 is 5.11 Å². The first-order valence-corrected chi connectivity index (χ1v) is 7.92. The summed E-state index contributed by atoms with van der Waals surface area (Å²) in [5.41, 5.74) is 1.31. The van der Waals surface area contributed by atoms with Crippen LogP contribution in [0, 0.1) is 0 Å². The molecular weight excluding hydrogens is 306 g/mol. The second-order valence-electron chi connectivity index (χ2n) is 5.73. The lowest BCUT2D eigenvalue weighted by molar-refractivity contribution is 0.0381. The van der Waals surface area contributed by atoms with Crippen molar-refractivity contribution in [2.45, 2.75) is 18.4 Å². The first-order valence-electron chi connectivity index (χ1n) is 7.54. The minimum Gasteiger partial charge on any atom is -0.384 e. The fourth-order valence-corrected chi connectivity index (χ4v) is 3.33. The molecule has 3 heteroatoms. The number of benzene rings is 2. The Hall–Kier alpha value is -2.16. The summed E-state index contributed by atoms with van der Waals surface area (Å²) in [6.07, 6.45) is 1.74. The zero-order valence-electron chi connectivity index (χ0n) is 12.9. The lowest BCUT2D eigenvalue weighted by Gasteiger charge is -2.34. The minimum absolute atomic E-state index is 0.315. The van der Waals surface area contributed by atoms with Gasteiger partial charge in [-0.2, -0.15) is 0 Å². The van der Waals surface area contributed by atoms with E-state index in [0.29, 0.717) is 10.6 Å². The van der Waals surface area contributed by atoms with E-state index >= 15 is 0 Å². The second kappa shape index (κ2) is 6.53. The van der Waals surface area contributed by atoms with Gasteiger partial charge in [-0.3, -0.25) is 4.98 Å². The summed E-state index contributed by atoms with van der Waals surface area (Å²) in [5, 5.41) is 12.0. The highest BCUT2D eigenvalue weighted by Crippen LogP contribution is 2.42. The molecule has 0 amide bonds. The van der Waals surface area contributed by atoms with Crippen molar-refractivity contribution >= 4 is 11.6 Å². The smallest absolute Gasteiger partial charge is 0.101 e. The van der Waals surface area contributed by atoms with Crippen LogP contribution in [0.1, 0.15) is 29.7 Å². The van der Waals surface area contributed by atoms with Gasteiger partial charge in [0.15, 0.2) is 0 Å². The van der Waals surface area contributed by atoms with Crippen molar-refractivity contribution < 1.29 is 5.11 Å². The maximum absolute atomic E-state index is 11.4. The molecule has 23 heavy (non-hydrogen) atoms. The van der Waals surface area contributed by atoms with Crippen molar-refractivity contribution in [2.24, 2.45) is 0 Å². The van der Waals surface area contributed by atoms with E-state index in [4.69, 9.17) is 11.6 Å². The molecule has 2 nitrogen and oxygen atoms in total. The highest BCUT2D eigenvalue weighted by atomic mass is 35.5. The molecule has 0 bridgehead atoms. The van der Waals surface area contributed by atoms with Crippen LogP contribution in [0.25, 0.3) is 0 Å². The lowest BCUT2D eigenvalue weighted by atomic mass is 9.76. The molecular formula is C20H18ClNO. The van der Waals surface area contributed by atoms with E-state index in [2.05, 4.69) is 4.98 Å². The highest BCUT2D eigenvalue weighted by molar-refractivity contribution is 6.31. The van der Waals surface area contributed by atoms with Gasteiger partial charge in [0.2, 0.25) is 0 Å². The van der Waals surface area contributed by atoms with Crippen molar-refractivity contribution in [3.8, 4) is 0 Å². The first kappa shape index (κ1) is 15.7. The van der Waals surface area contributed by atoms with Gasteiger partial charge in [-0.25, -0.2) is 0 Å². The summed E-state index contributed by atoms with van der Waals surface area (Å²) in [7, 11) is 0. The molecule has 3 aromatic rings. The summed E-state index contributed by atoms with van der Waals surface area (Å²) in [6.45, 7) is 1.79. The number of nitrogens with zero attached hydrogens (tertiary/aromatic N) is 1. The van der Waals surface area contributed by atoms with Crippen LogP contribution >= 0.6 is 11.6 Å². The largest absolute Gasteiger partial charge is 0.384 e. The molecule has 2 atom stereocenters. The van der Waals surface area contributed by atoms with Gasteiger partial charge in [0.25, 0.3) is 0 Å². The maximum Gasteiger partial charge on any atom is 0.101 e. The van der Waals surface area contributed by atoms with Crippen molar-refractivity contribution in [2.75, 3.05) is 0 Å². The van der Waals surface area contributed by atoms with E-state index in [9.17, 15) is 5.11 Å². The van der Waals surface area contributed by atoms with Crippen LogP contribution in [0.15, 0.2) is 79.0 Å². The Labute approximate surface area is 141 Å². The zero-order valence-corrected chi connectivity index (χ0v) is 13.6. The number of aromatic nitrogens is 1. The topological polar surface area (TPSA) is 33.1 Å². The second-order valence-corrected chi connectivity index (χ2v) is 6.13. The normalized spacial score (nSPS) is 14.9. The van der Waals surface area contributed by atoms with Crippen LogP contribution in [0.3, 0.4) is 0 Å². The number of rotatable bonds is 4. The van der Waals surface area contributed by atoms with Crippen molar-refractivity contribution in [3.05, 3.63) is 101 Å². The van der Waals surface area contributed by atoms with E-state index in [1.165, 1.54) is 0 Å². The average Bonchev–Trinajstić information content (AvgIpc) is 2.57. The molecule has 0 spiro atoms. The number of hydrogen-bond donors (Lipinski definition) is 1. The Morgan fingerprint density at radius 1 is 0.913 bits per heavy atom. The van der Waals surface area contributed by atoms with Gasteiger partial charge in [0, 0.05) is 16.8 Å². The SMILES string of the molecule is C[C@](O)(c1ccccc1Cl)[C@H](c1ccccc1)c1ccccn1. The molecule has 0 aliphatic carbocycles. The van der Waals surface area contributed by atoms with Gasteiger partial charge >= 0.3 is 0 Å². The third-order valence-corrected chi connectivity index (χ3v) is 4.43. The molecule has 0 radical (unpaired) electrons. The molecule has 1 heterocycles. The fraction of sp³-hybridized carbons (Fsp3) is 0.150. The van der Waals surface area contributed by atoms with Gasteiger partial charge in [-0.05, 0) is 30.7 Å². The standard InChI is InChI=1S/C20H18ClNO/c1-20(23,16-11-5-6-12-17(16)21)19(15-9-3-2-4-10-15)18-13-7-8-14-22-18/h2-14,19,23H,1H3/t19-,20+/m1/s1. The van der Waals surface area contributed by atoms with E-state index in [1.54, 1.807) is 19.2 Å². The number of aliphatic hydroxyl groups is 1. The van der Waals surface area contributed by atoms with Crippen molar-refractivity contribution in [1.82, 2.24) is 4.98 Å². The number of halogens is 1. The Kier molecular flexibility index (Phi) is 4.46. The Morgan fingerprint density at radius 2 is 1.57 bits per heavy atom. The van der Waals surface area contributed by atoms with E-state index in [-0.39, 0.29) is 5.92 Å². The maximum atomic E-state index is 11.4. The molecule has 0 saturated carbocycles. The molecule has 0 aliphatic rings. The summed E-state index contributed by atoms with van der Waals surface area (Å²) >= 11 is 6.35. The molecule has 0 fully saturated rings. The monoisotopic (exact) mass is 323 g/mol. The van der Waals surface area contributed by atoms with Crippen molar-refractivity contribution in [3.63, 3.8) is 0 Å². The van der Waals surface area contributed by atoms with Gasteiger partial charge in [-0.1, -0.05) is 66.2 Å². The third-order valence-electron chi connectivity index (χ3n) is 4.10. The van der Waals surface area contributed by atoms with Crippen LogP contribution in [0.4, 0.5) is 0 Å². The predicted molar refractivity (Wildman–Crippen MR) is 93.5 cm³/mol. The third kappa shape index (κ3) is 3.14. The van der Waals surface area contributed by atoms with Crippen LogP contribution in [-0.2, 0) is 5.60 Å². The molecule has 116 valence electrons. The minimum atomic E-state index is -1.19. The van der Waals surface area contributed by atoms with E-state index < -0.39 is 5.60 Å². The Balaban J connectivity index is 2.18. The molecule has 2 aromatic carbocycles. The highest BCUT2D eigenvalue weighted by Gasteiger charge is 2.38. The van der Waals surface area contributed by atoms with Crippen LogP contribution in [-0.4, -0.2) is 10.1 Å². The molecule has 0 aliphatic heterocycles. The van der Waals surface area contributed by atoms with Gasteiger partial charge in [-0.15, -0.1) is 0 Å². The summed E-state index contributed by atoms with van der Waals surface area (Å²) in [6, 6.07) is 23.0. The molecule has 0 saturated heterocycles. The Bertz CT molecular complexity index is 732. The quantitative estimate of drug-likeness (QED) is 0.750. The molecule has 1 N–H and O–H groups in total. The predicted octanol–water partition coefficient (Wildman–Crippen LogP) is 4.77. The summed E-state index contributed by atoms with van der Waals surface area (Å²) in [4.78, 5) is 4.47. The van der Waals surface area contributed by atoms with Crippen LogP contribution in [0.5, 0.6) is 0 Å². The Morgan fingerprint density at radius 3 is 2.22 bits per heavy atom. The van der Waals surface area contributed by atoms with E-state index in [1.807, 2.05) is 66.7 Å². The fourth-order valence-electron chi connectivity index (χ4n) is 3.00. The lowest BCUT2D eigenvalue weighted by Crippen LogP contribution is -2.32. The number of pyridine rings is 1. The van der Waals surface area contributed by atoms with Gasteiger partial charge in [0.1, 0.15) is 5.60 Å². The van der Waals surface area contributed by atoms with E-state index in [0.717, 1.165) is 11.3 Å². The van der Waals surface area contributed by atoms with Gasteiger partial charge in [0.05, 0.1) is 11.6 Å². The number of hydrogen-bond acceptors (Lipinski definition) is 2. The zero-order chi connectivity index (χ0) is 16.3. The molecule has 1 aromatic heterocycles.